The summed E-state index contributed by atoms with van der Waals surface area (Å²) in [5.41, 5.74) is 4.67. The Bertz CT molecular complexity index is 813. The Kier molecular flexibility index (Phi) is 5.28. The third-order valence-electron chi connectivity index (χ3n) is 5.75. The van der Waals surface area contributed by atoms with Crippen LogP contribution in [0, 0.1) is 0 Å². The van der Waals surface area contributed by atoms with Crippen molar-refractivity contribution in [1.82, 2.24) is 14.8 Å². The summed E-state index contributed by atoms with van der Waals surface area (Å²) >= 11 is 0. The first-order valence-corrected chi connectivity index (χ1v) is 10.0. The number of nitrogens with zero attached hydrogens (tertiary/aromatic N) is 2. The van der Waals surface area contributed by atoms with Crippen LogP contribution in [0.25, 0.3) is 0 Å². The first-order chi connectivity index (χ1) is 13.2. The second kappa shape index (κ2) is 7.99. The van der Waals surface area contributed by atoms with Crippen molar-refractivity contribution in [1.29, 1.82) is 0 Å². The van der Waals surface area contributed by atoms with Crippen molar-refractivity contribution in [2.75, 3.05) is 26.2 Å². The number of H-pyrrole nitrogens is 1. The number of aromatic nitrogens is 1. The summed E-state index contributed by atoms with van der Waals surface area (Å²) in [6, 6.07) is 8.34. The van der Waals surface area contributed by atoms with Gasteiger partial charge in [-0.15, -0.1) is 0 Å². The molecule has 0 saturated carbocycles. The van der Waals surface area contributed by atoms with Crippen molar-refractivity contribution in [2.45, 2.75) is 38.5 Å². The van der Waals surface area contributed by atoms with Crippen LogP contribution in [-0.4, -0.2) is 52.8 Å². The lowest BCUT2D eigenvalue weighted by molar-refractivity contribution is -0.130. The molecule has 0 atom stereocenters. The van der Waals surface area contributed by atoms with Crippen molar-refractivity contribution in [3.8, 4) is 0 Å². The van der Waals surface area contributed by atoms with Crippen LogP contribution in [-0.2, 0) is 24.1 Å². The number of rotatable bonds is 3. The quantitative estimate of drug-likeness (QED) is 0.909. The number of nitrogens with one attached hydrogen (secondary N) is 1. The third kappa shape index (κ3) is 4.07. The Labute approximate surface area is 160 Å². The number of aromatic amines is 1. The maximum absolute atomic E-state index is 12.8. The number of hydrogen-bond acceptors (Lipinski definition) is 2. The van der Waals surface area contributed by atoms with Gasteiger partial charge in [-0.1, -0.05) is 18.2 Å². The van der Waals surface area contributed by atoms with Gasteiger partial charge in [0.2, 0.25) is 5.91 Å². The second-order valence-corrected chi connectivity index (χ2v) is 7.61. The lowest BCUT2D eigenvalue weighted by Crippen LogP contribution is -2.37. The van der Waals surface area contributed by atoms with Crippen LogP contribution < -0.4 is 0 Å². The highest BCUT2D eigenvalue weighted by Crippen LogP contribution is 2.22. The molecule has 1 aliphatic carbocycles. The van der Waals surface area contributed by atoms with E-state index in [-0.39, 0.29) is 11.8 Å². The van der Waals surface area contributed by atoms with Crippen molar-refractivity contribution >= 4 is 11.8 Å². The molecule has 1 fully saturated rings. The molecule has 5 nitrogen and oxygen atoms in total. The molecule has 0 radical (unpaired) electrons. The standard InChI is InChI=1S/C22H27N3O2/c26-21(15-17-6-7-18-4-1-2-5-19(18)14-17)24-10-3-11-25(13-12-24)22(27)20-8-9-23-16-20/h6-9,14,16,23H,1-5,10-13,15H2. The zero-order valence-electron chi connectivity index (χ0n) is 15.7. The minimum Gasteiger partial charge on any atom is -0.367 e. The molecule has 2 amide bonds. The molecule has 2 aromatic rings. The van der Waals surface area contributed by atoms with E-state index < -0.39 is 0 Å². The molecule has 1 aromatic carbocycles. The Morgan fingerprint density at radius 2 is 1.67 bits per heavy atom. The molecule has 2 heterocycles. The van der Waals surface area contributed by atoms with Gasteiger partial charge < -0.3 is 14.8 Å². The summed E-state index contributed by atoms with van der Waals surface area (Å²) in [5, 5.41) is 0. The molecule has 5 heteroatoms. The molecular formula is C22H27N3O2. The molecule has 0 spiro atoms. The molecule has 1 N–H and O–H groups in total. The van der Waals surface area contributed by atoms with E-state index in [1.807, 2.05) is 9.80 Å². The van der Waals surface area contributed by atoms with Crippen molar-refractivity contribution in [2.24, 2.45) is 0 Å². The molecule has 1 aromatic heterocycles. The van der Waals surface area contributed by atoms with E-state index in [1.54, 1.807) is 18.5 Å². The summed E-state index contributed by atoms with van der Waals surface area (Å²) in [6.07, 6.45) is 9.60. The van der Waals surface area contributed by atoms with Crippen LogP contribution in [0.1, 0.15) is 46.3 Å². The first-order valence-electron chi connectivity index (χ1n) is 10.0. The topological polar surface area (TPSA) is 56.4 Å². The molecule has 27 heavy (non-hydrogen) atoms. The molecule has 142 valence electrons. The highest BCUT2D eigenvalue weighted by Gasteiger charge is 2.23. The largest absolute Gasteiger partial charge is 0.367 e. The van der Waals surface area contributed by atoms with Gasteiger partial charge in [0, 0.05) is 38.6 Å². The van der Waals surface area contributed by atoms with E-state index in [1.165, 1.54) is 30.4 Å². The van der Waals surface area contributed by atoms with Crippen LogP contribution in [0.3, 0.4) is 0 Å². The molecule has 4 rings (SSSR count). The van der Waals surface area contributed by atoms with Crippen LogP contribution in [0.5, 0.6) is 0 Å². The van der Waals surface area contributed by atoms with Gasteiger partial charge in [0.1, 0.15) is 0 Å². The molecule has 1 saturated heterocycles. The molecule has 0 unspecified atom stereocenters. The summed E-state index contributed by atoms with van der Waals surface area (Å²) in [6.45, 7) is 2.63. The van der Waals surface area contributed by atoms with Gasteiger partial charge in [-0.25, -0.2) is 0 Å². The van der Waals surface area contributed by atoms with Crippen molar-refractivity contribution in [3.05, 3.63) is 58.9 Å². The zero-order valence-corrected chi connectivity index (χ0v) is 15.7. The summed E-state index contributed by atoms with van der Waals surface area (Å²) in [5.74, 6) is 0.210. The molecule has 2 aliphatic rings. The lowest BCUT2D eigenvalue weighted by atomic mass is 9.90. The number of aryl methyl sites for hydroxylation is 2. The molecule has 0 bridgehead atoms. The molecular weight excluding hydrogens is 338 g/mol. The van der Waals surface area contributed by atoms with Crippen molar-refractivity contribution < 1.29 is 9.59 Å². The number of benzene rings is 1. The van der Waals surface area contributed by atoms with E-state index in [0.717, 1.165) is 24.9 Å². The SMILES string of the molecule is O=C(Cc1ccc2c(c1)CCCC2)N1CCCN(C(=O)c2cc[nH]c2)CC1. The highest BCUT2D eigenvalue weighted by atomic mass is 16.2. The normalized spacial score (nSPS) is 17.3. The van der Waals surface area contributed by atoms with Crippen LogP contribution in [0.2, 0.25) is 0 Å². The lowest BCUT2D eigenvalue weighted by Gasteiger charge is -2.22. The summed E-state index contributed by atoms with van der Waals surface area (Å²) < 4.78 is 0. The fraction of sp³-hybridized carbons (Fsp3) is 0.455. The van der Waals surface area contributed by atoms with Gasteiger partial charge in [-0.05, 0) is 54.9 Å². The van der Waals surface area contributed by atoms with Gasteiger partial charge in [-0.3, -0.25) is 9.59 Å². The molecule has 1 aliphatic heterocycles. The summed E-state index contributed by atoms with van der Waals surface area (Å²) in [7, 11) is 0. The Balaban J connectivity index is 1.36. The Morgan fingerprint density at radius 3 is 2.48 bits per heavy atom. The van der Waals surface area contributed by atoms with Gasteiger partial charge >= 0.3 is 0 Å². The van der Waals surface area contributed by atoms with E-state index >= 15 is 0 Å². The predicted molar refractivity (Wildman–Crippen MR) is 105 cm³/mol. The zero-order chi connectivity index (χ0) is 18.6. The Morgan fingerprint density at radius 1 is 0.889 bits per heavy atom. The number of carbonyl (C=O) groups excluding carboxylic acids is 2. The Hall–Kier alpha value is -2.56. The smallest absolute Gasteiger partial charge is 0.255 e. The van der Waals surface area contributed by atoms with Gasteiger partial charge in [0.25, 0.3) is 5.91 Å². The van der Waals surface area contributed by atoms with Crippen LogP contribution >= 0.6 is 0 Å². The fourth-order valence-electron chi connectivity index (χ4n) is 4.19. The highest BCUT2D eigenvalue weighted by molar-refractivity contribution is 5.94. The van der Waals surface area contributed by atoms with E-state index in [4.69, 9.17) is 0 Å². The fourth-order valence-corrected chi connectivity index (χ4v) is 4.19. The predicted octanol–water partition coefficient (Wildman–Crippen LogP) is 2.81. The number of fused-ring (bicyclic) bond motifs is 1. The number of hydrogen-bond donors (Lipinski definition) is 1. The second-order valence-electron chi connectivity index (χ2n) is 7.61. The minimum atomic E-state index is 0.0419. The van der Waals surface area contributed by atoms with Gasteiger partial charge in [-0.2, -0.15) is 0 Å². The minimum absolute atomic E-state index is 0.0419. The van der Waals surface area contributed by atoms with Gasteiger partial charge in [0.15, 0.2) is 0 Å². The van der Waals surface area contributed by atoms with Crippen LogP contribution in [0.4, 0.5) is 0 Å². The first kappa shape index (κ1) is 17.8. The maximum atomic E-state index is 12.8. The monoisotopic (exact) mass is 365 g/mol. The number of carbonyl (C=O) groups is 2. The maximum Gasteiger partial charge on any atom is 0.255 e. The van der Waals surface area contributed by atoms with E-state index in [0.29, 0.717) is 31.6 Å². The summed E-state index contributed by atoms with van der Waals surface area (Å²) in [4.78, 5) is 32.0. The van der Waals surface area contributed by atoms with Crippen LogP contribution in [0.15, 0.2) is 36.7 Å². The number of amides is 2. The van der Waals surface area contributed by atoms with E-state index in [2.05, 4.69) is 23.2 Å². The van der Waals surface area contributed by atoms with Gasteiger partial charge in [0.05, 0.1) is 12.0 Å². The van der Waals surface area contributed by atoms with Crippen molar-refractivity contribution in [3.63, 3.8) is 0 Å². The van der Waals surface area contributed by atoms with E-state index in [9.17, 15) is 9.59 Å². The third-order valence-corrected chi connectivity index (χ3v) is 5.75. The average molecular weight is 365 g/mol. The average Bonchev–Trinajstić information content (AvgIpc) is 3.11.